The van der Waals surface area contributed by atoms with E-state index < -0.39 is 24.1 Å². The fourth-order valence-corrected chi connectivity index (χ4v) is 4.55. The Labute approximate surface area is 237 Å². The zero-order valence-corrected chi connectivity index (χ0v) is 23.3. The van der Waals surface area contributed by atoms with Crippen LogP contribution in [0.4, 0.5) is 0 Å². The van der Waals surface area contributed by atoms with Gasteiger partial charge in [0.05, 0.1) is 12.2 Å². The van der Waals surface area contributed by atoms with Crippen LogP contribution in [0.2, 0.25) is 0 Å². The monoisotopic (exact) mass is 544 g/mol. The van der Waals surface area contributed by atoms with Gasteiger partial charge in [0, 0.05) is 25.7 Å². The van der Waals surface area contributed by atoms with Crippen molar-refractivity contribution >= 4 is 11.9 Å². The lowest BCUT2D eigenvalue weighted by atomic mass is 10.1. The first-order chi connectivity index (χ1) is 18.2. The standard InChI is InChI=1S/2C16H24O3.CH4/c2*1-13(17)8-4-2-3-5-9-14-12-15(14)10-6-7-11-16(18)19;/h2*4,8,13-15,17H,5-7,9-12H2,1H3,(H,18,19);1H4/b2*8-4+;/t2*13?,14-,15-;/m11./s1. The van der Waals surface area contributed by atoms with E-state index in [9.17, 15) is 9.59 Å². The molecule has 2 aliphatic rings. The van der Waals surface area contributed by atoms with Gasteiger partial charge in [0.15, 0.2) is 0 Å². The predicted octanol–water partition coefficient (Wildman–Crippen LogP) is 6.61. The van der Waals surface area contributed by atoms with Crippen LogP contribution in [0.1, 0.15) is 111 Å². The molecule has 6 heteroatoms. The molecule has 0 saturated heterocycles. The average molecular weight is 545 g/mol. The van der Waals surface area contributed by atoms with Crippen molar-refractivity contribution in [3.63, 3.8) is 0 Å². The number of unbranched alkanes of at least 4 members (excludes halogenated alkanes) is 2. The van der Waals surface area contributed by atoms with Gasteiger partial charge in [-0.25, -0.2) is 0 Å². The molecule has 39 heavy (non-hydrogen) atoms. The van der Waals surface area contributed by atoms with Crippen molar-refractivity contribution in [2.75, 3.05) is 0 Å². The highest BCUT2D eigenvalue weighted by Crippen LogP contribution is 2.46. The maximum Gasteiger partial charge on any atom is 0.303 e. The molecule has 6 nitrogen and oxygen atoms in total. The summed E-state index contributed by atoms with van der Waals surface area (Å²) < 4.78 is 0. The molecule has 0 aromatic carbocycles. The number of carboxylic acids is 2. The van der Waals surface area contributed by atoms with E-state index in [1.807, 2.05) is 0 Å². The first-order valence-electron chi connectivity index (χ1n) is 14.3. The summed E-state index contributed by atoms with van der Waals surface area (Å²) in [5, 5.41) is 35.0. The topological polar surface area (TPSA) is 115 Å². The van der Waals surface area contributed by atoms with E-state index in [0.29, 0.717) is 12.8 Å². The molecule has 0 spiro atoms. The van der Waals surface area contributed by atoms with Gasteiger partial charge < -0.3 is 20.4 Å². The number of aliphatic hydroxyl groups is 2. The van der Waals surface area contributed by atoms with E-state index in [4.69, 9.17) is 20.4 Å². The summed E-state index contributed by atoms with van der Waals surface area (Å²) in [4.78, 5) is 20.7. The smallest absolute Gasteiger partial charge is 0.303 e. The van der Waals surface area contributed by atoms with Crippen molar-refractivity contribution in [2.45, 2.75) is 123 Å². The van der Waals surface area contributed by atoms with Crippen molar-refractivity contribution in [1.29, 1.82) is 0 Å². The van der Waals surface area contributed by atoms with E-state index in [-0.39, 0.29) is 7.43 Å². The molecule has 220 valence electrons. The van der Waals surface area contributed by atoms with E-state index in [0.717, 1.165) is 75.0 Å². The number of aliphatic carboxylic acids is 2. The molecule has 0 heterocycles. The molecule has 0 bridgehead atoms. The van der Waals surface area contributed by atoms with Crippen LogP contribution < -0.4 is 0 Å². The van der Waals surface area contributed by atoms with Gasteiger partial charge in [-0.1, -0.05) is 56.8 Å². The Morgan fingerprint density at radius 2 is 1.05 bits per heavy atom. The Hall–Kier alpha value is -2.54. The number of carboxylic acid groups (broad SMARTS) is 2. The molecule has 0 aromatic rings. The van der Waals surface area contributed by atoms with Crippen LogP contribution in [-0.4, -0.2) is 44.6 Å². The lowest BCUT2D eigenvalue weighted by molar-refractivity contribution is -0.138. The largest absolute Gasteiger partial charge is 0.481 e. The van der Waals surface area contributed by atoms with E-state index >= 15 is 0 Å². The van der Waals surface area contributed by atoms with Gasteiger partial charge in [-0.15, -0.1) is 0 Å². The zero-order chi connectivity index (χ0) is 28.2. The molecule has 0 amide bonds. The first kappa shape index (κ1) is 36.5. The normalized spacial score (nSPS) is 22.3. The second-order valence-electron chi connectivity index (χ2n) is 10.7. The van der Waals surface area contributed by atoms with Gasteiger partial charge >= 0.3 is 11.9 Å². The molecule has 4 N–H and O–H groups in total. The van der Waals surface area contributed by atoms with Crippen LogP contribution in [0, 0.1) is 47.4 Å². The number of allylic oxidation sites excluding steroid dienone is 2. The average Bonchev–Trinajstić information content (AvgIpc) is 3.76. The SMILES string of the molecule is C.CC(O)/C=C/C#CCC[C@@H]1C[C@H]1CCCCC(=O)O.CC(O)/C=C/C#CCC[C@@H]1C[C@H]1CCCCC(=O)O. The fraction of sp³-hybridized carbons (Fsp3) is 0.697. The summed E-state index contributed by atoms with van der Waals surface area (Å²) in [6, 6.07) is 0. The van der Waals surface area contributed by atoms with Crippen molar-refractivity contribution in [2.24, 2.45) is 23.7 Å². The maximum atomic E-state index is 10.4. The number of hydrogen-bond donors (Lipinski definition) is 4. The molecule has 6 atom stereocenters. The molecule has 2 saturated carbocycles. The molecule has 2 aliphatic carbocycles. The molecular weight excluding hydrogens is 492 g/mol. The lowest BCUT2D eigenvalue weighted by Crippen LogP contribution is -1.94. The van der Waals surface area contributed by atoms with Crippen LogP contribution in [0.25, 0.3) is 0 Å². The van der Waals surface area contributed by atoms with Crippen molar-refractivity contribution in [3.05, 3.63) is 24.3 Å². The Balaban J connectivity index is 0.000000722. The van der Waals surface area contributed by atoms with Gasteiger partial charge in [-0.05, 0) is 100 Å². The van der Waals surface area contributed by atoms with Crippen LogP contribution in [0.5, 0.6) is 0 Å². The molecule has 0 aromatic heterocycles. The van der Waals surface area contributed by atoms with Crippen LogP contribution in [0.15, 0.2) is 24.3 Å². The number of aliphatic hydroxyl groups excluding tert-OH is 2. The molecule has 2 unspecified atom stereocenters. The van der Waals surface area contributed by atoms with Crippen molar-refractivity contribution in [3.8, 4) is 23.7 Å². The van der Waals surface area contributed by atoms with Crippen molar-refractivity contribution in [1.82, 2.24) is 0 Å². The summed E-state index contributed by atoms with van der Waals surface area (Å²) in [5.41, 5.74) is 0. The van der Waals surface area contributed by atoms with Gasteiger partial charge in [-0.2, -0.15) is 0 Å². The number of carbonyl (C=O) groups is 2. The van der Waals surface area contributed by atoms with Gasteiger partial charge in [0.1, 0.15) is 0 Å². The van der Waals surface area contributed by atoms with Crippen molar-refractivity contribution < 1.29 is 30.0 Å². The molecular formula is C33H52O6. The van der Waals surface area contributed by atoms with Crippen LogP contribution in [0.3, 0.4) is 0 Å². The zero-order valence-electron chi connectivity index (χ0n) is 23.3. The number of rotatable bonds is 16. The Morgan fingerprint density at radius 1 is 0.692 bits per heavy atom. The second kappa shape index (κ2) is 22.3. The predicted molar refractivity (Wildman–Crippen MR) is 158 cm³/mol. The minimum Gasteiger partial charge on any atom is -0.481 e. The van der Waals surface area contributed by atoms with Gasteiger partial charge in [-0.3, -0.25) is 9.59 Å². The third kappa shape index (κ3) is 23.1. The highest BCUT2D eigenvalue weighted by atomic mass is 16.4. The fourth-order valence-electron chi connectivity index (χ4n) is 4.55. The quantitative estimate of drug-likeness (QED) is 0.128. The highest BCUT2D eigenvalue weighted by Gasteiger charge is 2.35. The van der Waals surface area contributed by atoms with Crippen LogP contribution >= 0.6 is 0 Å². The van der Waals surface area contributed by atoms with Gasteiger partial charge in [0.2, 0.25) is 0 Å². The summed E-state index contributed by atoms with van der Waals surface area (Å²) in [5.74, 6) is 13.9. The Kier molecular flexibility index (Phi) is 20.8. The summed E-state index contributed by atoms with van der Waals surface area (Å²) >= 11 is 0. The second-order valence-corrected chi connectivity index (χ2v) is 10.7. The third-order valence-electron chi connectivity index (χ3n) is 6.97. The Bertz CT molecular complexity index is 792. The Morgan fingerprint density at radius 3 is 1.38 bits per heavy atom. The molecule has 2 rings (SSSR count). The van der Waals surface area contributed by atoms with E-state index in [2.05, 4.69) is 23.7 Å². The molecule has 2 fully saturated rings. The lowest BCUT2D eigenvalue weighted by Gasteiger charge is -1.98. The highest BCUT2D eigenvalue weighted by molar-refractivity contribution is 5.66. The van der Waals surface area contributed by atoms with E-state index in [1.165, 1.54) is 25.7 Å². The molecule has 0 radical (unpaired) electrons. The summed E-state index contributed by atoms with van der Waals surface area (Å²) in [7, 11) is 0. The van der Waals surface area contributed by atoms with E-state index in [1.54, 1.807) is 38.2 Å². The van der Waals surface area contributed by atoms with Crippen LogP contribution in [-0.2, 0) is 9.59 Å². The summed E-state index contributed by atoms with van der Waals surface area (Å²) in [6.07, 6.45) is 19.3. The minimum absolute atomic E-state index is 0. The summed E-state index contributed by atoms with van der Waals surface area (Å²) in [6.45, 7) is 3.41. The van der Waals surface area contributed by atoms with Gasteiger partial charge in [0.25, 0.3) is 0 Å². The third-order valence-corrected chi connectivity index (χ3v) is 6.97. The first-order valence-corrected chi connectivity index (χ1v) is 14.3. The maximum absolute atomic E-state index is 10.4. The number of hydrogen-bond acceptors (Lipinski definition) is 4. The molecule has 0 aliphatic heterocycles. The minimum atomic E-state index is -0.687.